The quantitative estimate of drug-likeness (QED) is 0.625. The minimum Gasteiger partial charge on any atom is -0.357 e. The van der Waals surface area contributed by atoms with Gasteiger partial charge in [-0.05, 0) is 31.4 Å². The molecule has 4 nitrogen and oxygen atoms in total. The molecule has 2 N–H and O–H groups in total. The van der Waals surface area contributed by atoms with Gasteiger partial charge in [0.2, 0.25) is 6.41 Å². The van der Waals surface area contributed by atoms with Crippen molar-refractivity contribution < 1.29 is 18.0 Å². The Morgan fingerprint density at radius 1 is 1.29 bits per heavy atom. The Morgan fingerprint density at radius 2 is 2.10 bits per heavy atom. The van der Waals surface area contributed by atoms with E-state index in [0.29, 0.717) is 25.2 Å². The number of hydrogen-bond acceptors (Lipinski definition) is 3. The number of amides is 1. The van der Waals surface area contributed by atoms with Crippen LogP contribution in [0.15, 0.2) is 18.2 Å². The van der Waals surface area contributed by atoms with Crippen molar-refractivity contribution in [1.82, 2.24) is 15.6 Å². The topological polar surface area (TPSA) is 54.0 Å². The Bertz CT molecular complexity index is 479. The molecular formula is C14H18F3N3O. The molecule has 1 aromatic heterocycles. The van der Waals surface area contributed by atoms with Gasteiger partial charge in [-0.1, -0.05) is 6.07 Å². The smallest absolute Gasteiger partial charge is 0.357 e. The minimum absolute atomic E-state index is 0.0591. The number of nitrogens with zero attached hydrogens (tertiary/aromatic N) is 1. The molecule has 2 rings (SSSR count). The average Bonchev–Trinajstić information content (AvgIpc) is 2.92. The standard InChI is InChI=1S/C14H18F3N3O/c15-14(16,17)13-3-1-2-12(20-13)10-4-5-11(8-10)19-7-6-18-9-21/h1-3,9-11,19H,4-8H2,(H,18,21). The molecule has 1 aliphatic rings. The zero-order chi connectivity index (χ0) is 15.3. The molecule has 0 spiro atoms. The van der Waals surface area contributed by atoms with E-state index in [9.17, 15) is 18.0 Å². The number of alkyl halides is 3. The maximum absolute atomic E-state index is 12.7. The summed E-state index contributed by atoms with van der Waals surface area (Å²) in [5.41, 5.74) is -0.313. The molecule has 21 heavy (non-hydrogen) atoms. The van der Waals surface area contributed by atoms with Gasteiger partial charge in [0.25, 0.3) is 0 Å². The molecule has 0 aliphatic heterocycles. The number of nitrogens with one attached hydrogen (secondary N) is 2. The van der Waals surface area contributed by atoms with E-state index in [1.807, 2.05) is 0 Å². The first-order valence-electron chi connectivity index (χ1n) is 6.95. The second-order valence-electron chi connectivity index (χ2n) is 5.18. The van der Waals surface area contributed by atoms with Gasteiger partial charge in [-0.3, -0.25) is 4.79 Å². The summed E-state index contributed by atoms with van der Waals surface area (Å²) in [4.78, 5) is 13.9. The molecule has 7 heteroatoms. The molecule has 116 valence electrons. The molecule has 1 amide bonds. The highest BCUT2D eigenvalue weighted by atomic mass is 19.4. The SMILES string of the molecule is O=CNCCNC1CCC(c2cccc(C(F)(F)F)n2)C1. The van der Waals surface area contributed by atoms with Crippen molar-refractivity contribution in [2.75, 3.05) is 13.1 Å². The number of carbonyl (C=O) groups is 1. The molecule has 2 unspecified atom stereocenters. The number of pyridine rings is 1. The van der Waals surface area contributed by atoms with E-state index in [1.165, 1.54) is 6.07 Å². The van der Waals surface area contributed by atoms with Crippen LogP contribution < -0.4 is 10.6 Å². The molecule has 1 heterocycles. The van der Waals surface area contributed by atoms with Crippen LogP contribution in [0.2, 0.25) is 0 Å². The first-order valence-corrected chi connectivity index (χ1v) is 6.95. The number of halogens is 3. The van der Waals surface area contributed by atoms with Crippen LogP contribution in [0.1, 0.15) is 36.6 Å². The van der Waals surface area contributed by atoms with Crippen molar-refractivity contribution in [3.8, 4) is 0 Å². The van der Waals surface area contributed by atoms with E-state index in [2.05, 4.69) is 15.6 Å². The zero-order valence-corrected chi connectivity index (χ0v) is 11.5. The molecule has 1 saturated carbocycles. The lowest BCUT2D eigenvalue weighted by Crippen LogP contribution is -2.33. The largest absolute Gasteiger partial charge is 0.433 e. The van der Waals surface area contributed by atoms with E-state index >= 15 is 0 Å². The molecule has 0 aromatic carbocycles. The van der Waals surface area contributed by atoms with Crippen molar-refractivity contribution >= 4 is 6.41 Å². The predicted octanol–water partition coefficient (Wildman–Crippen LogP) is 2.07. The van der Waals surface area contributed by atoms with Gasteiger partial charge in [0.1, 0.15) is 5.69 Å². The van der Waals surface area contributed by atoms with Gasteiger partial charge >= 0.3 is 6.18 Å². The zero-order valence-electron chi connectivity index (χ0n) is 11.5. The van der Waals surface area contributed by atoms with Crippen LogP contribution in [0, 0.1) is 0 Å². The van der Waals surface area contributed by atoms with Crippen molar-refractivity contribution in [3.05, 3.63) is 29.6 Å². The number of hydrogen-bond donors (Lipinski definition) is 2. The molecule has 0 radical (unpaired) electrons. The number of rotatable bonds is 6. The van der Waals surface area contributed by atoms with Crippen LogP contribution in [0.5, 0.6) is 0 Å². The second kappa shape index (κ2) is 6.89. The average molecular weight is 301 g/mol. The fourth-order valence-electron chi connectivity index (χ4n) is 2.68. The molecule has 0 bridgehead atoms. The third kappa shape index (κ3) is 4.42. The highest BCUT2D eigenvalue weighted by Gasteiger charge is 2.34. The summed E-state index contributed by atoms with van der Waals surface area (Å²) in [6.45, 7) is 1.21. The minimum atomic E-state index is -4.40. The molecule has 2 atom stereocenters. The monoisotopic (exact) mass is 301 g/mol. The molecular weight excluding hydrogens is 283 g/mol. The Hall–Kier alpha value is -1.63. The first kappa shape index (κ1) is 15.8. The van der Waals surface area contributed by atoms with Crippen LogP contribution in [0.3, 0.4) is 0 Å². The van der Waals surface area contributed by atoms with E-state index in [1.54, 1.807) is 6.07 Å². The first-order chi connectivity index (χ1) is 10.0. The van der Waals surface area contributed by atoms with Gasteiger partial charge in [0, 0.05) is 30.7 Å². The normalized spacial score (nSPS) is 22.2. The van der Waals surface area contributed by atoms with Crippen molar-refractivity contribution in [2.45, 2.75) is 37.4 Å². The van der Waals surface area contributed by atoms with Crippen LogP contribution in [-0.2, 0) is 11.0 Å². The lowest BCUT2D eigenvalue weighted by molar-refractivity contribution is -0.141. The summed E-state index contributed by atoms with van der Waals surface area (Å²) in [6, 6.07) is 4.34. The Balaban J connectivity index is 1.90. The van der Waals surface area contributed by atoms with Gasteiger partial charge in [-0.2, -0.15) is 13.2 Å². The van der Waals surface area contributed by atoms with Gasteiger partial charge in [-0.15, -0.1) is 0 Å². The lowest BCUT2D eigenvalue weighted by atomic mass is 10.0. The fraction of sp³-hybridized carbons (Fsp3) is 0.571. The maximum atomic E-state index is 12.7. The summed E-state index contributed by atoms with van der Waals surface area (Å²) >= 11 is 0. The predicted molar refractivity (Wildman–Crippen MR) is 71.7 cm³/mol. The summed E-state index contributed by atoms with van der Waals surface area (Å²) in [6.07, 6.45) is -1.25. The third-order valence-electron chi connectivity index (χ3n) is 3.70. The van der Waals surface area contributed by atoms with Crippen molar-refractivity contribution in [3.63, 3.8) is 0 Å². The lowest BCUT2D eigenvalue weighted by Gasteiger charge is -2.14. The van der Waals surface area contributed by atoms with Crippen LogP contribution in [-0.4, -0.2) is 30.5 Å². The Kier molecular flexibility index (Phi) is 5.17. The highest BCUT2D eigenvalue weighted by Crippen LogP contribution is 2.35. The molecule has 1 fully saturated rings. The highest BCUT2D eigenvalue weighted by molar-refractivity contribution is 5.45. The third-order valence-corrected chi connectivity index (χ3v) is 3.70. The van der Waals surface area contributed by atoms with Gasteiger partial charge in [0.15, 0.2) is 0 Å². The Labute approximate surface area is 121 Å². The Morgan fingerprint density at radius 3 is 2.81 bits per heavy atom. The molecule has 1 aliphatic carbocycles. The van der Waals surface area contributed by atoms with Crippen LogP contribution in [0.25, 0.3) is 0 Å². The van der Waals surface area contributed by atoms with Gasteiger partial charge in [0.05, 0.1) is 0 Å². The van der Waals surface area contributed by atoms with E-state index in [4.69, 9.17) is 0 Å². The van der Waals surface area contributed by atoms with E-state index in [0.717, 1.165) is 25.3 Å². The second-order valence-corrected chi connectivity index (χ2v) is 5.18. The van der Waals surface area contributed by atoms with Crippen molar-refractivity contribution in [2.24, 2.45) is 0 Å². The van der Waals surface area contributed by atoms with Crippen LogP contribution >= 0.6 is 0 Å². The number of aromatic nitrogens is 1. The van der Waals surface area contributed by atoms with Crippen molar-refractivity contribution in [1.29, 1.82) is 0 Å². The summed E-state index contributed by atoms with van der Waals surface area (Å²) < 4.78 is 38.0. The maximum Gasteiger partial charge on any atom is 0.433 e. The molecule has 0 saturated heterocycles. The van der Waals surface area contributed by atoms with Gasteiger partial charge in [-0.25, -0.2) is 4.98 Å². The van der Waals surface area contributed by atoms with Gasteiger partial charge < -0.3 is 10.6 Å². The van der Waals surface area contributed by atoms with E-state index in [-0.39, 0.29) is 12.0 Å². The summed E-state index contributed by atoms with van der Waals surface area (Å²) in [5.74, 6) is 0.0591. The fourth-order valence-corrected chi connectivity index (χ4v) is 2.68. The molecule has 1 aromatic rings. The number of carbonyl (C=O) groups excluding carboxylic acids is 1. The van der Waals surface area contributed by atoms with E-state index < -0.39 is 11.9 Å². The van der Waals surface area contributed by atoms with Crippen LogP contribution in [0.4, 0.5) is 13.2 Å². The summed E-state index contributed by atoms with van der Waals surface area (Å²) in [5, 5.41) is 5.85. The summed E-state index contributed by atoms with van der Waals surface area (Å²) in [7, 11) is 0.